The molecule has 2 aromatic carbocycles. The summed E-state index contributed by atoms with van der Waals surface area (Å²) in [5.41, 5.74) is 3.40. The number of nitrogens with zero attached hydrogens (tertiary/aromatic N) is 2. The fourth-order valence-electron chi connectivity index (χ4n) is 2.78. The van der Waals surface area contributed by atoms with Crippen LogP contribution in [0.15, 0.2) is 42.5 Å². The molecule has 3 rings (SSSR count). The van der Waals surface area contributed by atoms with E-state index in [9.17, 15) is 10.1 Å². The van der Waals surface area contributed by atoms with Crippen molar-refractivity contribution in [3.8, 4) is 0 Å². The van der Waals surface area contributed by atoms with Crippen LogP contribution in [-0.4, -0.2) is 11.5 Å². The highest BCUT2D eigenvalue weighted by Crippen LogP contribution is 2.30. The Hall–Kier alpha value is -2.07. The topological polar surface area (TPSA) is 46.4 Å². The number of aryl methyl sites for hydroxylation is 1. The summed E-state index contributed by atoms with van der Waals surface area (Å²) < 4.78 is 0. The molecule has 0 atom stereocenters. The zero-order valence-corrected chi connectivity index (χ0v) is 12.2. The molecule has 0 aliphatic carbocycles. The Balaban J connectivity index is 1.91. The maximum absolute atomic E-state index is 10.9. The SMILES string of the molecule is O=[N+]([O-])c1ccc(Cl)c(CN2CCCc3ccccc32)c1. The second kappa shape index (κ2) is 5.74. The molecule has 0 bridgehead atoms. The normalized spacial score (nSPS) is 13.9. The Labute approximate surface area is 128 Å². The molecule has 0 saturated carbocycles. The number of non-ortho nitro benzene ring substituents is 1. The standard InChI is InChI=1S/C16H15ClN2O2/c17-15-8-7-14(19(20)21)10-13(15)11-18-9-3-5-12-4-1-2-6-16(12)18/h1-2,4,6-8,10H,3,5,9,11H2. The molecular weight excluding hydrogens is 288 g/mol. The second-order valence-corrected chi connectivity index (χ2v) is 5.59. The number of para-hydroxylation sites is 1. The van der Waals surface area contributed by atoms with Gasteiger partial charge in [0.25, 0.3) is 5.69 Å². The first-order chi connectivity index (χ1) is 10.1. The van der Waals surface area contributed by atoms with Crippen LogP contribution >= 0.6 is 11.6 Å². The van der Waals surface area contributed by atoms with Gasteiger partial charge in [-0.25, -0.2) is 0 Å². The molecule has 0 fully saturated rings. The molecular formula is C16H15ClN2O2. The Morgan fingerprint density at radius 3 is 2.86 bits per heavy atom. The van der Waals surface area contributed by atoms with E-state index in [0.29, 0.717) is 11.6 Å². The molecule has 0 amide bonds. The molecule has 5 heteroatoms. The van der Waals surface area contributed by atoms with E-state index in [2.05, 4.69) is 17.0 Å². The molecule has 0 radical (unpaired) electrons. The van der Waals surface area contributed by atoms with Crippen LogP contribution in [0.3, 0.4) is 0 Å². The van der Waals surface area contributed by atoms with Gasteiger partial charge in [0.1, 0.15) is 0 Å². The third kappa shape index (κ3) is 2.85. The van der Waals surface area contributed by atoms with Gasteiger partial charge in [-0.3, -0.25) is 10.1 Å². The minimum Gasteiger partial charge on any atom is -0.367 e. The molecule has 2 aromatic rings. The van der Waals surface area contributed by atoms with Gasteiger partial charge in [0.2, 0.25) is 0 Å². The summed E-state index contributed by atoms with van der Waals surface area (Å²) in [6.07, 6.45) is 2.17. The van der Waals surface area contributed by atoms with Crippen LogP contribution in [0, 0.1) is 10.1 Å². The van der Waals surface area contributed by atoms with E-state index in [1.807, 2.05) is 12.1 Å². The van der Waals surface area contributed by atoms with Crippen molar-refractivity contribution >= 4 is 23.0 Å². The van der Waals surface area contributed by atoms with Crippen molar-refractivity contribution in [3.05, 3.63) is 68.7 Å². The number of nitro benzene ring substituents is 1. The molecule has 0 N–H and O–H groups in total. The van der Waals surface area contributed by atoms with Crippen LogP contribution in [0.1, 0.15) is 17.5 Å². The van der Waals surface area contributed by atoms with Crippen LogP contribution in [0.2, 0.25) is 5.02 Å². The largest absolute Gasteiger partial charge is 0.367 e. The van der Waals surface area contributed by atoms with Crippen molar-refractivity contribution in [1.82, 2.24) is 0 Å². The van der Waals surface area contributed by atoms with Gasteiger partial charge in [-0.1, -0.05) is 29.8 Å². The molecule has 0 unspecified atom stereocenters. The fourth-order valence-corrected chi connectivity index (χ4v) is 2.95. The first-order valence-electron chi connectivity index (χ1n) is 6.91. The summed E-state index contributed by atoms with van der Waals surface area (Å²) in [4.78, 5) is 12.8. The van der Waals surface area contributed by atoms with Crippen molar-refractivity contribution in [2.75, 3.05) is 11.4 Å². The fraction of sp³-hybridized carbons (Fsp3) is 0.250. The summed E-state index contributed by atoms with van der Waals surface area (Å²) in [6.45, 7) is 1.54. The van der Waals surface area contributed by atoms with Crippen molar-refractivity contribution in [2.45, 2.75) is 19.4 Å². The Kier molecular flexibility index (Phi) is 3.80. The van der Waals surface area contributed by atoms with E-state index >= 15 is 0 Å². The molecule has 1 aliphatic heterocycles. The van der Waals surface area contributed by atoms with Gasteiger partial charge in [0.05, 0.1) is 4.92 Å². The zero-order valence-electron chi connectivity index (χ0n) is 11.5. The van der Waals surface area contributed by atoms with E-state index in [-0.39, 0.29) is 10.6 Å². The van der Waals surface area contributed by atoms with Crippen LogP contribution in [0.25, 0.3) is 0 Å². The zero-order chi connectivity index (χ0) is 14.8. The average Bonchev–Trinajstić information content (AvgIpc) is 2.49. The molecule has 4 nitrogen and oxygen atoms in total. The third-order valence-corrected chi connectivity index (χ3v) is 4.18. The van der Waals surface area contributed by atoms with Gasteiger partial charge >= 0.3 is 0 Å². The van der Waals surface area contributed by atoms with Gasteiger partial charge in [-0.2, -0.15) is 0 Å². The van der Waals surface area contributed by atoms with E-state index < -0.39 is 0 Å². The predicted molar refractivity (Wildman–Crippen MR) is 83.9 cm³/mol. The number of fused-ring (bicyclic) bond motifs is 1. The lowest BCUT2D eigenvalue weighted by Gasteiger charge is -2.31. The van der Waals surface area contributed by atoms with Gasteiger partial charge < -0.3 is 4.90 Å². The lowest BCUT2D eigenvalue weighted by Crippen LogP contribution is -2.28. The molecule has 0 spiro atoms. The summed E-state index contributed by atoms with van der Waals surface area (Å²) in [5.74, 6) is 0. The smallest absolute Gasteiger partial charge is 0.269 e. The van der Waals surface area contributed by atoms with Crippen LogP contribution in [0.4, 0.5) is 11.4 Å². The highest BCUT2D eigenvalue weighted by molar-refractivity contribution is 6.31. The summed E-state index contributed by atoms with van der Waals surface area (Å²) in [5, 5.41) is 11.5. The van der Waals surface area contributed by atoms with Gasteiger partial charge in [0.15, 0.2) is 0 Å². The van der Waals surface area contributed by atoms with Crippen molar-refractivity contribution in [2.24, 2.45) is 0 Å². The second-order valence-electron chi connectivity index (χ2n) is 5.19. The molecule has 1 aliphatic rings. The number of rotatable bonds is 3. The quantitative estimate of drug-likeness (QED) is 0.630. The first kappa shape index (κ1) is 13.9. The van der Waals surface area contributed by atoms with E-state index in [0.717, 1.165) is 24.9 Å². The molecule has 0 aromatic heterocycles. The number of hydrogen-bond donors (Lipinski definition) is 0. The molecule has 108 valence electrons. The van der Waals surface area contributed by atoms with Gasteiger partial charge in [-0.15, -0.1) is 0 Å². The Bertz CT molecular complexity index is 688. The Morgan fingerprint density at radius 1 is 1.24 bits per heavy atom. The Morgan fingerprint density at radius 2 is 2.05 bits per heavy atom. The average molecular weight is 303 g/mol. The van der Waals surface area contributed by atoms with Crippen molar-refractivity contribution in [3.63, 3.8) is 0 Å². The van der Waals surface area contributed by atoms with Gasteiger partial charge in [0, 0.05) is 35.9 Å². The molecule has 1 heterocycles. The number of nitro groups is 1. The maximum Gasteiger partial charge on any atom is 0.269 e. The van der Waals surface area contributed by atoms with Crippen molar-refractivity contribution < 1.29 is 4.92 Å². The number of hydrogen-bond acceptors (Lipinski definition) is 3. The minimum atomic E-state index is -0.385. The van der Waals surface area contributed by atoms with Crippen molar-refractivity contribution in [1.29, 1.82) is 0 Å². The first-order valence-corrected chi connectivity index (χ1v) is 7.28. The summed E-state index contributed by atoms with van der Waals surface area (Å²) in [6, 6.07) is 12.9. The van der Waals surface area contributed by atoms with Crippen LogP contribution in [-0.2, 0) is 13.0 Å². The number of benzene rings is 2. The van der Waals surface area contributed by atoms with Crippen LogP contribution in [0.5, 0.6) is 0 Å². The maximum atomic E-state index is 10.9. The van der Waals surface area contributed by atoms with E-state index in [4.69, 9.17) is 11.6 Å². The highest BCUT2D eigenvalue weighted by Gasteiger charge is 2.18. The predicted octanol–water partition coefficient (Wildman–Crippen LogP) is 4.20. The summed E-state index contributed by atoms with van der Waals surface area (Å²) in [7, 11) is 0. The highest BCUT2D eigenvalue weighted by atomic mass is 35.5. The third-order valence-electron chi connectivity index (χ3n) is 3.81. The monoisotopic (exact) mass is 302 g/mol. The lowest BCUT2D eigenvalue weighted by molar-refractivity contribution is -0.384. The van der Waals surface area contributed by atoms with E-state index in [1.165, 1.54) is 17.3 Å². The number of halogens is 1. The summed E-state index contributed by atoms with van der Waals surface area (Å²) >= 11 is 6.20. The van der Waals surface area contributed by atoms with Crippen LogP contribution < -0.4 is 4.90 Å². The minimum absolute atomic E-state index is 0.0831. The molecule has 21 heavy (non-hydrogen) atoms. The lowest BCUT2D eigenvalue weighted by atomic mass is 10.0. The van der Waals surface area contributed by atoms with Gasteiger partial charge in [-0.05, 0) is 36.1 Å². The molecule has 0 saturated heterocycles. The number of anilines is 1. The van der Waals surface area contributed by atoms with E-state index in [1.54, 1.807) is 12.1 Å².